The van der Waals surface area contributed by atoms with E-state index in [1.54, 1.807) is 19.9 Å². The molecule has 0 fully saturated rings. The van der Waals surface area contributed by atoms with Crippen LogP contribution < -0.4 is 0 Å². The fourth-order valence-electron chi connectivity index (χ4n) is 0.348. The minimum absolute atomic E-state index is 0.174. The minimum atomic E-state index is -0.987. The Morgan fingerprint density at radius 3 is 1.53 bits per heavy atom. The molecule has 0 aromatic rings. The van der Waals surface area contributed by atoms with Crippen molar-refractivity contribution < 1.29 is 24.9 Å². The molecule has 0 amide bonds. The van der Waals surface area contributed by atoms with E-state index in [0.717, 1.165) is 0 Å². The van der Waals surface area contributed by atoms with Crippen molar-refractivity contribution in [1.29, 1.82) is 0 Å². The first kappa shape index (κ1) is 15.8. The molecule has 0 heterocycles. The summed E-state index contributed by atoms with van der Waals surface area (Å²) in [6, 6.07) is 0. The van der Waals surface area contributed by atoms with Gasteiger partial charge in [-0.05, 0) is 26.8 Å². The molecule has 5 nitrogen and oxygen atoms in total. The van der Waals surface area contributed by atoms with Gasteiger partial charge in [0.25, 0.3) is 0 Å². The van der Waals surface area contributed by atoms with Crippen molar-refractivity contribution in [2.45, 2.75) is 20.8 Å². The highest BCUT2D eigenvalue weighted by Crippen LogP contribution is 1.88. The average Bonchev–Trinajstić information content (AvgIpc) is 2.17. The summed E-state index contributed by atoms with van der Waals surface area (Å²) in [6.07, 6.45) is 2.80. The van der Waals surface area contributed by atoms with Crippen LogP contribution in [0.3, 0.4) is 0 Å². The molecule has 0 saturated carbocycles. The Hall–Kier alpha value is -1.62. The molecule has 0 rings (SSSR count). The summed E-state index contributed by atoms with van der Waals surface area (Å²) in [4.78, 5) is 19.8. The number of carboxylic acid groups (broad SMARTS) is 2. The SMILES string of the molecule is CC(=CCO)C(=O)O.CC=C(C)C(=O)O. The third kappa shape index (κ3) is 10.3. The van der Waals surface area contributed by atoms with Gasteiger partial charge in [0.1, 0.15) is 0 Å². The Balaban J connectivity index is 0. The van der Waals surface area contributed by atoms with Crippen LogP contribution in [0, 0.1) is 0 Å². The second-order valence-corrected chi connectivity index (χ2v) is 2.65. The molecule has 3 N–H and O–H groups in total. The molecule has 0 aromatic carbocycles. The number of carbonyl (C=O) groups is 2. The summed E-state index contributed by atoms with van der Waals surface area (Å²) < 4.78 is 0. The summed E-state index contributed by atoms with van der Waals surface area (Å²) in [5, 5.41) is 24.4. The van der Waals surface area contributed by atoms with Crippen molar-refractivity contribution >= 4 is 11.9 Å². The van der Waals surface area contributed by atoms with E-state index >= 15 is 0 Å². The lowest BCUT2D eigenvalue weighted by atomic mass is 10.3. The fraction of sp³-hybridized carbons (Fsp3) is 0.400. The lowest BCUT2D eigenvalue weighted by Gasteiger charge is -1.86. The van der Waals surface area contributed by atoms with E-state index in [9.17, 15) is 9.59 Å². The zero-order valence-corrected chi connectivity index (χ0v) is 9.02. The first-order valence-electron chi connectivity index (χ1n) is 4.23. The van der Waals surface area contributed by atoms with Crippen LogP contribution in [-0.4, -0.2) is 33.9 Å². The maximum Gasteiger partial charge on any atom is 0.331 e. The first-order valence-corrected chi connectivity index (χ1v) is 4.23. The second-order valence-electron chi connectivity index (χ2n) is 2.65. The number of hydrogen-bond donors (Lipinski definition) is 3. The van der Waals surface area contributed by atoms with Gasteiger partial charge in [-0.15, -0.1) is 0 Å². The Morgan fingerprint density at radius 1 is 1.07 bits per heavy atom. The minimum Gasteiger partial charge on any atom is -0.478 e. The van der Waals surface area contributed by atoms with Crippen molar-refractivity contribution in [2.24, 2.45) is 0 Å². The number of allylic oxidation sites excluding steroid dienone is 1. The molecule has 0 spiro atoms. The Bertz CT molecular complexity index is 276. The van der Waals surface area contributed by atoms with E-state index in [1.807, 2.05) is 0 Å². The number of hydrogen-bond acceptors (Lipinski definition) is 3. The van der Waals surface area contributed by atoms with Crippen LogP contribution in [0.15, 0.2) is 23.3 Å². The molecule has 0 aliphatic heterocycles. The predicted octanol–water partition coefficient (Wildman–Crippen LogP) is 1.05. The van der Waals surface area contributed by atoms with Gasteiger partial charge < -0.3 is 15.3 Å². The largest absolute Gasteiger partial charge is 0.478 e. The number of aliphatic hydroxyl groups excluding tert-OH is 1. The van der Waals surface area contributed by atoms with Crippen LogP contribution in [0.2, 0.25) is 0 Å². The van der Waals surface area contributed by atoms with Gasteiger partial charge in [0, 0.05) is 11.1 Å². The zero-order chi connectivity index (χ0) is 12.4. The van der Waals surface area contributed by atoms with Gasteiger partial charge in [-0.2, -0.15) is 0 Å². The fourth-order valence-corrected chi connectivity index (χ4v) is 0.348. The van der Waals surface area contributed by atoms with Crippen LogP contribution in [-0.2, 0) is 9.59 Å². The van der Waals surface area contributed by atoms with Gasteiger partial charge in [-0.1, -0.05) is 6.08 Å². The van der Waals surface area contributed by atoms with Crippen molar-refractivity contribution in [3.8, 4) is 0 Å². The number of aliphatic hydroxyl groups is 1. The Kier molecular flexibility index (Phi) is 9.45. The van der Waals surface area contributed by atoms with Crippen molar-refractivity contribution in [2.75, 3.05) is 6.61 Å². The monoisotopic (exact) mass is 216 g/mol. The van der Waals surface area contributed by atoms with Crippen LogP contribution in [0.5, 0.6) is 0 Å². The molecule has 0 saturated heterocycles. The second kappa shape index (κ2) is 8.96. The summed E-state index contributed by atoms with van der Waals surface area (Å²) in [7, 11) is 0. The summed E-state index contributed by atoms with van der Waals surface area (Å²) >= 11 is 0. The Morgan fingerprint density at radius 2 is 1.47 bits per heavy atom. The molecule has 0 aromatic heterocycles. The lowest BCUT2D eigenvalue weighted by molar-refractivity contribution is -0.133. The maximum absolute atomic E-state index is 9.91. The highest BCUT2D eigenvalue weighted by Gasteiger charge is 1.95. The normalized spacial score (nSPS) is 11.5. The highest BCUT2D eigenvalue weighted by molar-refractivity contribution is 5.86. The van der Waals surface area contributed by atoms with E-state index in [4.69, 9.17) is 15.3 Å². The average molecular weight is 216 g/mol. The predicted molar refractivity (Wildman–Crippen MR) is 55.5 cm³/mol. The summed E-state index contributed by atoms with van der Waals surface area (Å²) in [5.41, 5.74) is 0.563. The molecule has 86 valence electrons. The van der Waals surface area contributed by atoms with Crippen molar-refractivity contribution in [3.05, 3.63) is 23.3 Å². The van der Waals surface area contributed by atoms with E-state index in [0.29, 0.717) is 5.57 Å². The van der Waals surface area contributed by atoms with Gasteiger partial charge in [0.05, 0.1) is 6.61 Å². The number of rotatable bonds is 3. The molecular formula is C10H16O5. The lowest BCUT2D eigenvalue weighted by Crippen LogP contribution is -1.96. The van der Waals surface area contributed by atoms with E-state index in [2.05, 4.69) is 0 Å². The third-order valence-electron chi connectivity index (χ3n) is 1.51. The van der Waals surface area contributed by atoms with Gasteiger partial charge >= 0.3 is 11.9 Å². The smallest absolute Gasteiger partial charge is 0.331 e. The van der Waals surface area contributed by atoms with Gasteiger partial charge in [-0.25, -0.2) is 9.59 Å². The molecule has 0 aliphatic carbocycles. The molecule has 0 unspecified atom stereocenters. The molecule has 5 heteroatoms. The van der Waals surface area contributed by atoms with Crippen LogP contribution >= 0.6 is 0 Å². The highest BCUT2D eigenvalue weighted by atomic mass is 16.4. The van der Waals surface area contributed by atoms with Crippen LogP contribution in [0.1, 0.15) is 20.8 Å². The topological polar surface area (TPSA) is 94.8 Å². The van der Waals surface area contributed by atoms with Gasteiger partial charge in [0.2, 0.25) is 0 Å². The van der Waals surface area contributed by atoms with Crippen molar-refractivity contribution in [3.63, 3.8) is 0 Å². The molecule has 0 radical (unpaired) electrons. The first-order chi connectivity index (χ1) is 6.86. The van der Waals surface area contributed by atoms with E-state index in [1.165, 1.54) is 13.0 Å². The van der Waals surface area contributed by atoms with Gasteiger partial charge in [0.15, 0.2) is 0 Å². The molecule has 0 bridgehead atoms. The van der Waals surface area contributed by atoms with Crippen LogP contribution in [0.25, 0.3) is 0 Å². The van der Waals surface area contributed by atoms with Crippen molar-refractivity contribution in [1.82, 2.24) is 0 Å². The maximum atomic E-state index is 9.91. The molecule has 0 atom stereocenters. The molecular weight excluding hydrogens is 200 g/mol. The van der Waals surface area contributed by atoms with E-state index in [-0.39, 0.29) is 12.2 Å². The quantitative estimate of drug-likeness (QED) is 0.613. The zero-order valence-electron chi connectivity index (χ0n) is 9.02. The van der Waals surface area contributed by atoms with Crippen LogP contribution in [0.4, 0.5) is 0 Å². The number of aliphatic carboxylic acids is 2. The van der Waals surface area contributed by atoms with E-state index < -0.39 is 11.9 Å². The summed E-state index contributed by atoms with van der Waals surface area (Å²) in [6.45, 7) is 4.47. The summed E-state index contributed by atoms with van der Waals surface area (Å²) in [5.74, 6) is -1.83. The Labute approximate surface area is 88.4 Å². The number of carboxylic acids is 2. The van der Waals surface area contributed by atoms with Gasteiger partial charge in [-0.3, -0.25) is 0 Å². The molecule has 15 heavy (non-hydrogen) atoms. The third-order valence-corrected chi connectivity index (χ3v) is 1.51. The standard InChI is InChI=1S/C5H8O3.C5H8O2/c1-4(2-3-6)5(7)8;1-3-4(2)5(6)7/h2,6H,3H2,1H3,(H,7,8);3H,1-2H3,(H,6,7). The molecule has 0 aliphatic rings.